The van der Waals surface area contributed by atoms with E-state index in [0.29, 0.717) is 17.4 Å². The lowest BCUT2D eigenvalue weighted by Gasteiger charge is -2.28. The van der Waals surface area contributed by atoms with Crippen molar-refractivity contribution < 1.29 is 23.9 Å². The van der Waals surface area contributed by atoms with Crippen LogP contribution in [-0.4, -0.2) is 55.3 Å². The summed E-state index contributed by atoms with van der Waals surface area (Å²) in [4.78, 5) is 23.1. The van der Waals surface area contributed by atoms with Crippen LogP contribution >= 0.6 is 0 Å². The molecular formula is C30H58NO4+. The van der Waals surface area contributed by atoms with Gasteiger partial charge in [-0.1, -0.05) is 103 Å². The second kappa shape index (κ2) is 23.1. The van der Waals surface area contributed by atoms with Crippen molar-refractivity contribution in [2.24, 2.45) is 0 Å². The number of carboxylic acid groups (broad SMARTS) is 1. The number of unbranched alkanes of at least 4 members (excludes halogenated alkanes) is 16. The predicted molar refractivity (Wildman–Crippen MR) is 148 cm³/mol. The summed E-state index contributed by atoms with van der Waals surface area (Å²) in [6.45, 7) is 2.78. The molecule has 0 heterocycles. The zero-order valence-electron chi connectivity index (χ0n) is 23.7. The number of ether oxygens (including phenoxy) is 1. The summed E-state index contributed by atoms with van der Waals surface area (Å²) in [5.41, 5.74) is 0. The lowest BCUT2D eigenvalue weighted by atomic mass is 10.0. The molecular weight excluding hydrogens is 438 g/mol. The van der Waals surface area contributed by atoms with E-state index in [4.69, 9.17) is 9.84 Å². The number of quaternary nitrogens is 1. The number of carboxylic acids is 1. The van der Waals surface area contributed by atoms with Gasteiger partial charge in [0.05, 0.1) is 27.6 Å². The van der Waals surface area contributed by atoms with E-state index in [0.717, 1.165) is 19.3 Å². The minimum atomic E-state index is -0.924. The fraction of sp³-hybridized carbons (Fsp3) is 0.867. The first-order valence-corrected chi connectivity index (χ1v) is 14.6. The van der Waals surface area contributed by atoms with E-state index in [2.05, 4.69) is 19.1 Å². The van der Waals surface area contributed by atoms with Crippen molar-refractivity contribution in [2.75, 3.05) is 27.7 Å². The Labute approximate surface area is 217 Å². The molecule has 35 heavy (non-hydrogen) atoms. The van der Waals surface area contributed by atoms with Crippen molar-refractivity contribution in [3.05, 3.63) is 12.2 Å². The average molecular weight is 497 g/mol. The topological polar surface area (TPSA) is 63.6 Å². The summed E-state index contributed by atoms with van der Waals surface area (Å²) >= 11 is 0. The third kappa shape index (κ3) is 27.1. The third-order valence-electron chi connectivity index (χ3n) is 6.34. The molecule has 0 aliphatic heterocycles. The normalized spacial score (nSPS) is 12.8. The van der Waals surface area contributed by atoms with Gasteiger partial charge in [0.15, 0.2) is 6.10 Å². The number of hydrogen-bond acceptors (Lipinski definition) is 3. The maximum Gasteiger partial charge on any atom is 0.307 e. The van der Waals surface area contributed by atoms with E-state index in [1.165, 1.54) is 96.3 Å². The quantitative estimate of drug-likeness (QED) is 0.0600. The molecule has 5 nitrogen and oxygen atoms in total. The van der Waals surface area contributed by atoms with Crippen LogP contribution in [0.15, 0.2) is 12.2 Å². The fourth-order valence-electron chi connectivity index (χ4n) is 4.42. The summed E-state index contributed by atoms with van der Waals surface area (Å²) in [6.07, 6.45) is 27.5. The van der Waals surface area contributed by atoms with Crippen LogP contribution in [-0.2, 0) is 14.3 Å². The molecule has 0 aromatic carbocycles. The van der Waals surface area contributed by atoms with Crippen molar-refractivity contribution >= 4 is 11.9 Å². The number of carbonyl (C=O) groups excluding carboxylic acids is 1. The first-order valence-electron chi connectivity index (χ1n) is 14.6. The molecule has 0 radical (unpaired) electrons. The molecule has 1 unspecified atom stereocenters. The van der Waals surface area contributed by atoms with E-state index in [-0.39, 0.29) is 12.4 Å². The number of allylic oxidation sites excluding steroid dienone is 2. The Kier molecular flexibility index (Phi) is 22.2. The van der Waals surface area contributed by atoms with Gasteiger partial charge >= 0.3 is 11.9 Å². The van der Waals surface area contributed by atoms with Crippen LogP contribution in [0.2, 0.25) is 0 Å². The molecule has 206 valence electrons. The van der Waals surface area contributed by atoms with E-state index in [9.17, 15) is 9.59 Å². The molecule has 0 aromatic heterocycles. The molecule has 1 atom stereocenters. The Bertz CT molecular complexity index is 539. The van der Waals surface area contributed by atoms with Gasteiger partial charge in [0.1, 0.15) is 6.54 Å². The molecule has 0 saturated carbocycles. The number of aliphatic carboxylic acids is 1. The molecule has 0 saturated heterocycles. The van der Waals surface area contributed by atoms with Gasteiger partial charge in [0.25, 0.3) is 0 Å². The minimum Gasteiger partial charge on any atom is -0.481 e. The fourth-order valence-corrected chi connectivity index (χ4v) is 4.42. The van der Waals surface area contributed by atoms with Gasteiger partial charge in [-0.2, -0.15) is 0 Å². The molecule has 0 fully saturated rings. The van der Waals surface area contributed by atoms with Gasteiger partial charge in [-0.3, -0.25) is 9.59 Å². The van der Waals surface area contributed by atoms with Crippen LogP contribution in [0.4, 0.5) is 0 Å². The molecule has 0 bridgehead atoms. The lowest BCUT2D eigenvalue weighted by molar-refractivity contribution is -0.873. The summed E-state index contributed by atoms with van der Waals surface area (Å²) in [5, 5.41) is 9.04. The van der Waals surface area contributed by atoms with Crippen LogP contribution < -0.4 is 0 Å². The van der Waals surface area contributed by atoms with Crippen LogP contribution in [0.25, 0.3) is 0 Å². The van der Waals surface area contributed by atoms with E-state index in [1.54, 1.807) is 0 Å². The third-order valence-corrected chi connectivity index (χ3v) is 6.34. The zero-order chi connectivity index (χ0) is 26.2. The number of rotatable bonds is 25. The second-order valence-electron chi connectivity index (χ2n) is 11.3. The summed E-state index contributed by atoms with van der Waals surface area (Å²) in [7, 11) is 5.91. The highest BCUT2D eigenvalue weighted by Gasteiger charge is 2.24. The van der Waals surface area contributed by atoms with Crippen molar-refractivity contribution in [2.45, 2.75) is 141 Å². The molecule has 1 N–H and O–H groups in total. The number of esters is 1. The van der Waals surface area contributed by atoms with Crippen LogP contribution in [0.5, 0.6) is 0 Å². The highest BCUT2D eigenvalue weighted by Crippen LogP contribution is 2.14. The Morgan fingerprint density at radius 3 is 1.57 bits per heavy atom. The Hall–Kier alpha value is -1.36. The van der Waals surface area contributed by atoms with Crippen LogP contribution in [0, 0.1) is 0 Å². The van der Waals surface area contributed by atoms with E-state index >= 15 is 0 Å². The SMILES string of the molecule is CCCCCCCC/C=C/CCCCCCCCCCCCC(=O)OC(CC(=O)O)C[N+](C)(C)C. The summed E-state index contributed by atoms with van der Waals surface area (Å²) in [5.74, 6) is -1.19. The summed E-state index contributed by atoms with van der Waals surface area (Å²) < 4.78 is 6.01. The second-order valence-corrected chi connectivity index (χ2v) is 11.3. The monoisotopic (exact) mass is 496 g/mol. The van der Waals surface area contributed by atoms with Gasteiger partial charge in [0, 0.05) is 6.42 Å². The van der Waals surface area contributed by atoms with Crippen molar-refractivity contribution in [1.29, 1.82) is 0 Å². The van der Waals surface area contributed by atoms with Gasteiger partial charge in [0.2, 0.25) is 0 Å². The maximum absolute atomic E-state index is 12.1. The Balaban J connectivity index is 3.49. The standard InChI is InChI=1S/C30H57NO4/c1-5-6-7-8-9-10-11-12-13-14-15-16-17-18-19-20-21-22-23-24-25-30(34)35-28(26-29(32)33)27-31(2,3)4/h12-13,28H,5-11,14-27H2,1-4H3/p+1/b13-12+. The minimum absolute atomic E-state index is 0.128. The van der Waals surface area contributed by atoms with Crippen LogP contribution in [0.3, 0.4) is 0 Å². The van der Waals surface area contributed by atoms with E-state index < -0.39 is 12.1 Å². The molecule has 0 aliphatic rings. The molecule has 0 amide bonds. The highest BCUT2D eigenvalue weighted by atomic mass is 16.5. The molecule has 0 aliphatic carbocycles. The average Bonchev–Trinajstić information content (AvgIpc) is 2.76. The number of hydrogen-bond donors (Lipinski definition) is 1. The first kappa shape index (κ1) is 33.6. The number of nitrogens with zero attached hydrogens (tertiary/aromatic N) is 1. The molecule has 0 rings (SSSR count). The van der Waals surface area contributed by atoms with Gasteiger partial charge in [-0.05, 0) is 32.1 Å². The van der Waals surface area contributed by atoms with Gasteiger partial charge in [-0.25, -0.2) is 0 Å². The van der Waals surface area contributed by atoms with Crippen LogP contribution in [0.1, 0.15) is 135 Å². The van der Waals surface area contributed by atoms with Gasteiger partial charge in [-0.15, -0.1) is 0 Å². The smallest absolute Gasteiger partial charge is 0.307 e. The largest absolute Gasteiger partial charge is 0.481 e. The predicted octanol–water partition coefficient (Wildman–Crippen LogP) is 8.07. The Morgan fingerprint density at radius 1 is 0.714 bits per heavy atom. The van der Waals surface area contributed by atoms with Crippen molar-refractivity contribution in [1.82, 2.24) is 0 Å². The highest BCUT2D eigenvalue weighted by molar-refractivity contribution is 5.71. The summed E-state index contributed by atoms with van der Waals surface area (Å²) in [6, 6.07) is 0. The maximum atomic E-state index is 12.1. The number of likely N-dealkylation sites (N-methyl/N-ethyl adjacent to an activating group) is 1. The number of carbonyl (C=O) groups is 2. The van der Waals surface area contributed by atoms with Crippen molar-refractivity contribution in [3.8, 4) is 0 Å². The van der Waals surface area contributed by atoms with E-state index in [1.807, 2.05) is 21.1 Å². The Morgan fingerprint density at radius 2 is 1.14 bits per heavy atom. The zero-order valence-corrected chi connectivity index (χ0v) is 23.7. The van der Waals surface area contributed by atoms with Gasteiger partial charge < -0.3 is 14.3 Å². The van der Waals surface area contributed by atoms with Crippen molar-refractivity contribution in [3.63, 3.8) is 0 Å². The first-order chi connectivity index (χ1) is 16.7. The molecule has 0 spiro atoms. The molecule has 5 heteroatoms. The lowest BCUT2D eigenvalue weighted by Crippen LogP contribution is -2.43. The molecule has 0 aromatic rings.